The van der Waals surface area contributed by atoms with E-state index in [0.717, 1.165) is 18.9 Å². The number of hydrogen-bond acceptors (Lipinski definition) is 5. The molecule has 12 heteroatoms. The lowest BCUT2D eigenvalue weighted by Gasteiger charge is -2.36. The van der Waals surface area contributed by atoms with Gasteiger partial charge in [0.25, 0.3) is 12.3 Å². The summed E-state index contributed by atoms with van der Waals surface area (Å²) >= 11 is 0. The smallest absolute Gasteiger partial charge is 0.312 e. The minimum Gasteiger partial charge on any atom is -0.352 e. The lowest BCUT2D eigenvalue weighted by molar-refractivity contribution is -0.144. The van der Waals surface area contributed by atoms with Gasteiger partial charge in [-0.05, 0) is 36.2 Å². The summed E-state index contributed by atoms with van der Waals surface area (Å²) in [7, 11) is 0. The minimum atomic E-state index is -2.91. The zero-order valence-corrected chi connectivity index (χ0v) is 20.8. The second kappa shape index (κ2) is 12.1. The molecule has 1 heterocycles. The Balaban J connectivity index is 2.35. The quantitative estimate of drug-likeness (QED) is 0.254. The van der Waals surface area contributed by atoms with Gasteiger partial charge in [-0.2, -0.15) is 0 Å². The summed E-state index contributed by atoms with van der Waals surface area (Å²) in [5.74, 6) is -3.64. The predicted octanol–water partition coefficient (Wildman–Crippen LogP) is 0.874. The van der Waals surface area contributed by atoms with E-state index in [4.69, 9.17) is 5.73 Å². The van der Waals surface area contributed by atoms with Crippen LogP contribution in [0.25, 0.3) is 0 Å². The number of carbonyl (C=O) groups is 5. The molecule has 10 nitrogen and oxygen atoms in total. The monoisotopic (exact) mass is 511 g/mol. The Kier molecular flexibility index (Phi) is 9.71. The average molecular weight is 512 g/mol. The summed E-state index contributed by atoms with van der Waals surface area (Å²) in [4.78, 5) is 64.7. The van der Waals surface area contributed by atoms with Crippen LogP contribution in [0.5, 0.6) is 0 Å². The molecule has 1 saturated carbocycles. The van der Waals surface area contributed by atoms with Gasteiger partial charge in [0, 0.05) is 13.1 Å². The number of likely N-dealkylation sites (tertiary alicyclic amines) is 1. The van der Waals surface area contributed by atoms with Crippen molar-refractivity contribution in [2.24, 2.45) is 23.0 Å². The normalized spacial score (nSPS) is 23.2. The summed E-state index contributed by atoms with van der Waals surface area (Å²) in [5, 5.41) is 7.10. The number of nitrogens with two attached hydrogens (primary N) is 1. The van der Waals surface area contributed by atoms with Crippen LogP contribution in [-0.2, 0) is 19.2 Å². The maximum atomic E-state index is 13.6. The molecule has 2 aliphatic rings. The molecule has 36 heavy (non-hydrogen) atoms. The highest BCUT2D eigenvalue weighted by atomic mass is 19.3. The Morgan fingerprint density at radius 1 is 1.11 bits per heavy atom. The first-order chi connectivity index (χ1) is 16.8. The van der Waals surface area contributed by atoms with Gasteiger partial charge in [-0.1, -0.05) is 39.3 Å². The van der Waals surface area contributed by atoms with Gasteiger partial charge in [0.1, 0.15) is 18.1 Å². The fraction of sp³-hybridized carbons (Fsp3) is 0.625. The van der Waals surface area contributed by atoms with Gasteiger partial charge in [0.2, 0.25) is 17.6 Å². The van der Waals surface area contributed by atoms with E-state index in [1.807, 2.05) is 0 Å². The molecule has 5 N–H and O–H groups in total. The molecule has 0 bridgehead atoms. The van der Waals surface area contributed by atoms with E-state index >= 15 is 0 Å². The van der Waals surface area contributed by atoms with Crippen LogP contribution in [0.1, 0.15) is 40.0 Å². The highest BCUT2D eigenvalue weighted by Gasteiger charge is 2.52. The third-order valence-electron chi connectivity index (χ3n) is 6.50. The van der Waals surface area contributed by atoms with Gasteiger partial charge < -0.3 is 26.6 Å². The van der Waals surface area contributed by atoms with E-state index < -0.39 is 59.5 Å². The van der Waals surface area contributed by atoms with Crippen molar-refractivity contribution >= 4 is 29.5 Å². The van der Waals surface area contributed by atoms with Gasteiger partial charge in [-0.15, -0.1) is 6.58 Å². The summed E-state index contributed by atoms with van der Waals surface area (Å²) in [5.41, 5.74) is 4.55. The first-order valence-electron chi connectivity index (χ1n) is 11.8. The van der Waals surface area contributed by atoms with Crippen molar-refractivity contribution in [1.82, 2.24) is 20.9 Å². The number of primary amides is 1. The van der Waals surface area contributed by atoms with Crippen LogP contribution in [0, 0.1) is 17.3 Å². The molecule has 1 aliphatic heterocycles. The van der Waals surface area contributed by atoms with Crippen molar-refractivity contribution in [1.29, 1.82) is 0 Å². The van der Waals surface area contributed by atoms with E-state index in [9.17, 15) is 32.8 Å². The highest BCUT2D eigenvalue weighted by Crippen LogP contribution is 2.43. The summed E-state index contributed by atoms with van der Waals surface area (Å²) < 4.78 is 25.7. The molecule has 1 unspecified atom stereocenters. The number of alkyl halides is 2. The highest BCUT2D eigenvalue weighted by molar-refractivity contribution is 6.39. The molecule has 0 aromatic carbocycles. The largest absolute Gasteiger partial charge is 0.352 e. The topological polar surface area (TPSA) is 151 Å². The van der Waals surface area contributed by atoms with E-state index in [1.165, 1.54) is 11.0 Å². The number of urea groups is 1. The Morgan fingerprint density at radius 2 is 1.78 bits per heavy atom. The number of halogens is 2. The standard InChI is InChI=1S/C24H35F2N5O5/c1-5-11-28-21(34)18(32)15(9-10-16(25)26)29-20(33)17-14-8-6-7-13(14)12-31(17)22(35)19(24(2,3)4)30-23(27)36/h5,9-10,13-17,19H,1,6-8,11-12H2,2-4H3,(H,28,34)(H,29,33)(H3,27,30,36)/b10-9+/t13-,14-,15?,17-,19+/m0/s1. The van der Waals surface area contributed by atoms with Gasteiger partial charge >= 0.3 is 6.03 Å². The van der Waals surface area contributed by atoms with Gasteiger partial charge in [-0.25, -0.2) is 13.6 Å². The van der Waals surface area contributed by atoms with Gasteiger partial charge in [0.15, 0.2) is 0 Å². The van der Waals surface area contributed by atoms with Crippen LogP contribution in [0.4, 0.5) is 13.6 Å². The molecule has 1 aliphatic carbocycles. The van der Waals surface area contributed by atoms with Crippen LogP contribution in [-0.4, -0.2) is 72.1 Å². The number of rotatable bonds is 10. The number of fused-ring (bicyclic) bond motifs is 1. The molecule has 0 aromatic heterocycles. The Hall–Kier alpha value is -3.31. The lowest BCUT2D eigenvalue weighted by Crippen LogP contribution is -2.60. The number of carbonyl (C=O) groups excluding carboxylic acids is 5. The van der Waals surface area contributed by atoms with Crippen molar-refractivity contribution < 1.29 is 32.8 Å². The molecule has 5 atom stereocenters. The number of allylic oxidation sites excluding steroid dienone is 1. The van der Waals surface area contributed by atoms with Crippen LogP contribution in [0.15, 0.2) is 24.8 Å². The molecule has 0 radical (unpaired) electrons. The van der Waals surface area contributed by atoms with Crippen molar-refractivity contribution in [2.75, 3.05) is 13.1 Å². The summed E-state index contributed by atoms with van der Waals surface area (Å²) in [6.45, 7) is 8.87. The van der Waals surface area contributed by atoms with E-state index in [-0.39, 0.29) is 24.9 Å². The summed E-state index contributed by atoms with van der Waals surface area (Å²) in [6.07, 6.45) is 1.89. The SMILES string of the molecule is C=CCNC(=O)C(=O)C(/C=C/C(F)F)NC(=O)[C@@H]1[C@H]2CCC[C@H]2CN1C(=O)[C@@H](NC(N)=O)C(C)(C)C. The van der Waals surface area contributed by atoms with Gasteiger partial charge in [0.05, 0.1) is 0 Å². The zero-order valence-electron chi connectivity index (χ0n) is 20.8. The third-order valence-corrected chi connectivity index (χ3v) is 6.50. The Bertz CT molecular complexity index is 917. The van der Waals surface area contributed by atoms with Crippen LogP contribution in [0.3, 0.4) is 0 Å². The lowest BCUT2D eigenvalue weighted by atomic mass is 9.85. The van der Waals surface area contributed by atoms with Crippen LogP contribution < -0.4 is 21.7 Å². The summed E-state index contributed by atoms with van der Waals surface area (Å²) in [6, 6.07) is -4.58. The van der Waals surface area contributed by atoms with Crippen molar-refractivity contribution in [3.05, 3.63) is 24.8 Å². The molecule has 0 aromatic rings. The van der Waals surface area contributed by atoms with Crippen LogP contribution in [0.2, 0.25) is 0 Å². The van der Waals surface area contributed by atoms with Gasteiger partial charge in [-0.3, -0.25) is 19.2 Å². The third kappa shape index (κ3) is 7.11. The molecule has 1 saturated heterocycles. The Labute approximate surface area is 209 Å². The molecular weight excluding hydrogens is 476 g/mol. The number of hydrogen-bond donors (Lipinski definition) is 4. The second-order valence-corrected chi connectivity index (χ2v) is 10.2. The number of amides is 5. The minimum absolute atomic E-state index is 0.0283. The van der Waals surface area contributed by atoms with Crippen molar-refractivity contribution in [3.8, 4) is 0 Å². The van der Waals surface area contributed by atoms with Crippen LogP contribution >= 0.6 is 0 Å². The maximum Gasteiger partial charge on any atom is 0.312 e. The Morgan fingerprint density at radius 3 is 2.33 bits per heavy atom. The van der Waals surface area contributed by atoms with E-state index in [2.05, 4.69) is 22.5 Å². The van der Waals surface area contributed by atoms with Crippen molar-refractivity contribution in [2.45, 2.75) is 64.6 Å². The number of nitrogens with one attached hydrogen (secondary N) is 3. The number of ketones is 1. The van der Waals surface area contributed by atoms with E-state index in [0.29, 0.717) is 12.5 Å². The second-order valence-electron chi connectivity index (χ2n) is 10.2. The van der Waals surface area contributed by atoms with Crippen molar-refractivity contribution in [3.63, 3.8) is 0 Å². The molecular formula is C24H35F2N5O5. The number of nitrogens with zero attached hydrogens (tertiary/aromatic N) is 1. The number of Topliss-reactive ketones (excluding diaryl/α,β-unsaturated/α-hetero) is 1. The predicted molar refractivity (Wildman–Crippen MR) is 128 cm³/mol. The molecule has 200 valence electrons. The first-order valence-corrected chi connectivity index (χ1v) is 11.8. The molecule has 0 spiro atoms. The fourth-order valence-corrected chi connectivity index (χ4v) is 4.85. The average Bonchev–Trinajstić information content (AvgIpc) is 3.37. The molecule has 2 fully saturated rings. The zero-order chi connectivity index (χ0) is 27.2. The fourth-order valence-electron chi connectivity index (χ4n) is 4.85. The van der Waals surface area contributed by atoms with E-state index in [1.54, 1.807) is 20.8 Å². The molecule has 5 amide bonds. The molecule has 2 rings (SSSR count). The maximum absolute atomic E-state index is 13.6. The first kappa shape index (κ1) is 28.9.